The van der Waals surface area contributed by atoms with Crippen LogP contribution < -0.4 is 10.2 Å². The van der Waals surface area contributed by atoms with Crippen molar-refractivity contribution >= 4 is 55.1 Å². The van der Waals surface area contributed by atoms with E-state index in [0.717, 1.165) is 4.70 Å². The van der Waals surface area contributed by atoms with Crippen molar-refractivity contribution in [3.8, 4) is 11.5 Å². The summed E-state index contributed by atoms with van der Waals surface area (Å²) in [6.45, 7) is 3.06. The molecule has 0 aliphatic carbocycles. The quantitative estimate of drug-likeness (QED) is 0.514. The van der Waals surface area contributed by atoms with E-state index in [1.54, 1.807) is 12.1 Å². The van der Waals surface area contributed by atoms with Gasteiger partial charge in [0.2, 0.25) is 0 Å². The number of aromatic hydroxyl groups is 1. The molecule has 0 fully saturated rings. The molecule has 1 N–H and O–H groups in total. The maximum absolute atomic E-state index is 12.8. The van der Waals surface area contributed by atoms with Gasteiger partial charge in [-0.05, 0) is 31.2 Å². The zero-order valence-corrected chi connectivity index (χ0v) is 15.3. The molecular weight excluding hydrogens is 369 g/mol. The predicted molar refractivity (Wildman–Crippen MR) is 100 cm³/mol. The van der Waals surface area contributed by atoms with E-state index in [-0.39, 0.29) is 21.3 Å². The summed E-state index contributed by atoms with van der Waals surface area (Å²) in [6, 6.07) is 10.5. The molecule has 0 aliphatic rings. The first-order chi connectivity index (χ1) is 11.4. The molecule has 0 radical (unpaired) electrons. The van der Waals surface area contributed by atoms with Crippen LogP contribution in [0.15, 0.2) is 41.2 Å². The maximum Gasteiger partial charge on any atom is 0.199 e. The van der Waals surface area contributed by atoms with Crippen LogP contribution in [0.25, 0.3) is 20.2 Å². The summed E-state index contributed by atoms with van der Waals surface area (Å²) in [5.74, 6) is 0.498. The Bertz CT molecular complexity index is 956. The molecule has 0 saturated heterocycles. The van der Waals surface area contributed by atoms with Gasteiger partial charge in [-0.25, -0.2) is 0 Å². The number of halogens is 2. The van der Waals surface area contributed by atoms with Crippen LogP contribution >= 0.6 is 34.9 Å². The molecule has 4 nitrogen and oxygen atoms in total. The van der Waals surface area contributed by atoms with Crippen molar-refractivity contribution in [2.24, 2.45) is 0 Å². The molecule has 0 saturated carbocycles. The highest BCUT2D eigenvalue weighted by molar-refractivity contribution is 7.25. The van der Waals surface area contributed by atoms with Crippen LogP contribution in [-0.4, -0.2) is 28.3 Å². The summed E-state index contributed by atoms with van der Waals surface area (Å²) in [6.07, 6.45) is 0. The van der Waals surface area contributed by atoms with Gasteiger partial charge in [0.25, 0.3) is 0 Å². The Balaban J connectivity index is 2.07. The van der Waals surface area contributed by atoms with Crippen LogP contribution in [-0.2, 0) is 0 Å². The highest BCUT2D eigenvalue weighted by atomic mass is 35.5. The molecule has 0 spiro atoms. The number of quaternary nitrogens is 1. The summed E-state index contributed by atoms with van der Waals surface area (Å²) in [4.78, 5) is 12.8. The average molecular weight is 385 g/mol. The van der Waals surface area contributed by atoms with Crippen molar-refractivity contribution in [3.05, 3.63) is 46.6 Å². The first kappa shape index (κ1) is 17.3. The topological polar surface area (TPSA) is 46.5 Å². The van der Waals surface area contributed by atoms with Crippen LogP contribution in [0.1, 0.15) is 6.92 Å². The number of hydrogen-bond acceptors (Lipinski definition) is 4. The largest absolute Gasteiger partial charge is 0.506 e. The van der Waals surface area contributed by atoms with E-state index in [2.05, 4.69) is 0 Å². The highest BCUT2D eigenvalue weighted by Gasteiger charge is 2.22. The van der Waals surface area contributed by atoms with Gasteiger partial charge in [-0.3, -0.25) is 4.79 Å². The van der Waals surface area contributed by atoms with E-state index < -0.39 is 0 Å². The van der Waals surface area contributed by atoms with Crippen LogP contribution in [0.5, 0.6) is 11.5 Å². The predicted octanol–water partition coefficient (Wildman–Crippen LogP) is 4.64. The van der Waals surface area contributed by atoms with Crippen LogP contribution in [0.3, 0.4) is 0 Å². The monoisotopic (exact) mass is 384 g/mol. The second-order valence-electron chi connectivity index (χ2n) is 5.37. The van der Waals surface area contributed by atoms with Gasteiger partial charge in [-0.15, -0.1) is 14.9 Å². The third kappa shape index (κ3) is 3.30. The Hall–Kier alpha value is -1.53. The second kappa shape index (κ2) is 6.76. The number of fused-ring (bicyclic) bond motifs is 2. The number of benzene rings is 2. The van der Waals surface area contributed by atoms with Crippen molar-refractivity contribution in [2.75, 3.05) is 19.7 Å². The Morgan fingerprint density at radius 3 is 2.71 bits per heavy atom. The number of nitrogens with zero attached hydrogens (tertiary/aromatic N) is 1. The van der Waals surface area contributed by atoms with E-state index in [9.17, 15) is 9.90 Å². The van der Waals surface area contributed by atoms with E-state index in [4.69, 9.17) is 28.3 Å². The summed E-state index contributed by atoms with van der Waals surface area (Å²) in [5, 5.41) is 11.1. The van der Waals surface area contributed by atoms with Gasteiger partial charge in [0.05, 0.1) is 10.1 Å². The number of phenolic OH excluding ortho intramolecular Hbond substituents is 1. The number of ether oxygens (including phenoxy) is 1. The molecule has 126 valence electrons. The Kier molecular flexibility index (Phi) is 4.88. The molecule has 2 aromatic carbocycles. The zero-order chi connectivity index (χ0) is 17.3. The van der Waals surface area contributed by atoms with Gasteiger partial charge >= 0.3 is 0 Å². The molecule has 0 amide bonds. The number of hydrogen-bond donors (Lipinski definition) is 1. The third-order valence-electron chi connectivity index (χ3n) is 3.81. The standard InChI is InChI=1S/C17H15Cl2NO3S/c1-2-20(18,19)9-10-23-13-8-7-12(21)17-15(13)16(22)11-5-3-4-6-14(11)24-17/h3-8H,2,9-10H2,1H3/p+1. The van der Waals surface area contributed by atoms with E-state index in [1.165, 1.54) is 17.4 Å². The van der Waals surface area contributed by atoms with Gasteiger partial charge in [0, 0.05) is 10.1 Å². The molecule has 3 rings (SSSR count). The van der Waals surface area contributed by atoms with Crippen molar-refractivity contribution in [3.63, 3.8) is 0 Å². The third-order valence-corrected chi connectivity index (χ3v) is 5.82. The van der Waals surface area contributed by atoms with Gasteiger partial charge in [0.1, 0.15) is 31.2 Å². The molecule has 1 heterocycles. The first-order valence-electron chi connectivity index (χ1n) is 7.49. The second-order valence-corrected chi connectivity index (χ2v) is 7.89. The van der Waals surface area contributed by atoms with Gasteiger partial charge in [-0.1, -0.05) is 12.1 Å². The van der Waals surface area contributed by atoms with Crippen molar-refractivity contribution in [2.45, 2.75) is 6.92 Å². The van der Waals surface area contributed by atoms with Gasteiger partial charge in [0.15, 0.2) is 29.0 Å². The lowest BCUT2D eigenvalue weighted by molar-refractivity contribution is -0.688. The summed E-state index contributed by atoms with van der Waals surface area (Å²) < 4.78 is 6.89. The highest BCUT2D eigenvalue weighted by Crippen LogP contribution is 2.36. The molecule has 3 aromatic rings. The SMILES string of the molecule is CC[N+](Cl)(Cl)CCOc1ccc(O)c2sc3ccccc3c(=O)c12. The lowest BCUT2D eigenvalue weighted by Crippen LogP contribution is -2.31. The minimum absolute atomic E-state index is 0.0681. The molecule has 1 aromatic heterocycles. The van der Waals surface area contributed by atoms with E-state index in [1.807, 2.05) is 25.1 Å². The molecule has 0 aliphatic heterocycles. The molecule has 24 heavy (non-hydrogen) atoms. The van der Waals surface area contributed by atoms with E-state index in [0.29, 0.717) is 34.3 Å². The zero-order valence-electron chi connectivity index (χ0n) is 13.0. The summed E-state index contributed by atoms with van der Waals surface area (Å²) in [7, 11) is 0. The lowest BCUT2D eigenvalue weighted by Gasteiger charge is -2.17. The van der Waals surface area contributed by atoms with Crippen LogP contribution in [0, 0.1) is 0 Å². The van der Waals surface area contributed by atoms with Crippen molar-refractivity contribution in [1.82, 2.24) is 0 Å². The average Bonchev–Trinajstić information content (AvgIpc) is 2.57. The summed E-state index contributed by atoms with van der Waals surface area (Å²) in [5.41, 5.74) is -0.154. The number of rotatable bonds is 5. The smallest absolute Gasteiger partial charge is 0.199 e. The van der Waals surface area contributed by atoms with Gasteiger partial charge in [-0.2, -0.15) is 0 Å². The molecular formula is C17H16Cl2NO3S+. The summed E-state index contributed by atoms with van der Waals surface area (Å²) >= 11 is 13.5. The van der Waals surface area contributed by atoms with Crippen molar-refractivity contribution in [1.29, 1.82) is 0 Å². The Morgan fingerprint density at radius 1 is 1.21 bits per heavy atom. The fraction of sp³-hybridized carbons (Fsp3) is 0.235. The minimum atomic E-state index is -0.203. The maximum atomic E-state index is 12.8. The van der Waals surface area contributed by atoms with Crippen LogP contribution in [0.2, 0.25) is 0 Å². The number of phenols is 1. The molecule has 0 bridgehead atoms. The molecule has 0 unspecified atom stereocenters. The normalized spacial score (nSPS) is 12.0. The van der Waals surface area contributed by atoms with Gasteiger partial charge < -0.3 is 9.84 Å². The van der Waals surface area contributed by atoms with E-state index >= 15 is 0 Å². The fourth-order valence-corrected chi connectivity index (χ4v) is 3.67. The Morgan fingerprint density at radius 2 is 1.96 bits per heavy atom. The molecule has 0 atom stereocenters. The van der Waals surface area contributed by atoms with Crippen molar-refractivity contribution < 1.29 is 13.4 Å². The molecule has 7 heteroatoms. The lowest BCUT2D eigenvalue weighted by atomic mass is 10.1. The fourth-order valence-electron chi connectivity index (χ4n) is 2.43. The Labute approximate surface area is 153 Å². The number of likely N-dealkylation sites (N-methyl/N-ethyl adjacent to an activating group) is 1. The van der Waals surface area contributed by atoms with Crippen LogP contribution in [0.4, 0.5) is 0 Å². The first-order valence-corrected chi connectivity index (χ1v) is 8.99. The minimum Gasteiger partial charge on any atom is -0.506 e.